The molecule has 0 fully saturated rings. The number of hydrogen-bond donors (Lipinski definition) is 1. The Balaban J connectivity index is 2.02. The summed E-state index contributed by atoms with van der Waals surface area (Å²) in [5.74, 6) is 0.215. The van der Waals surface area contributed by atoms with Crippen LogP contribution in [0.2, 0.25) is 0 Å². The van der Waals surface area contributed by atoms with Crippen LogP contribution in [0, 0.1) is 6.92 Å². The van der Waals surface area contributed by atoms with Gasteiger partial charge in [0.1, 0.15) is 5.75 Å². The van der Waals surface area contributed by atoms with Crippen LogP contribution >= 0.6 is 0 Å². The predicted octanol–water partition coefficient (Wildman–Crippen LogP) is 2.61. The zero-order chi connectivity index (χ0) is 14.4. The second-order valence-electron chi connectivity index (χ2n) is 5.20. The van der Waals surface area contributed by atoms with E-state index >= 15 is 0 Å². The van der Waals surface area contributed by atoms with Crippen molar-refractivity contribution >= 4 is 5.97 Å². The van der Waals surface area contributed by atoms with Crippen molar-refractivity contribution in [2.24, 2.45) is 7.05 Å². The van der Waals surface area contributed by atoms with Crippen molar-refractivity contribution in [1.29, 1.82) is 0 Å². The molecule has 2 aromatic rings. The van der Waals surface area contributed by atoms with Gasteiger partial charge in [-0.15, -0.1) is 0 Å². The lowest BCUT2D eigenvalue weighted by Gasteiger charge is -2.19. The average molecular weight is 272 g/mol. The Hall–Kier alpha value is -2.30. The highest BCUT2D eigenvalue weighted by Crippen LogP contribution is 2.38. The minimum atomic E-state index is -0.820. The first-order valence-electron chi connectivity index (χ1n) is 6.53. The molecule has 0 spiro atoms. The van der Waals surface area contributed by atoms with Crippen molar-refractivity contribution in [2.45, 2.75) is 26.2 Å². The molecule has 0 saturated heterocycles. The van der Waals surface area contributed by atoms with Crippen LogP contribution < -0.4 is 4.74 Å². The molecule has 1 aromatic heterocycles. The number of carboxylic acid groups (broad SMARTS) is 1. The summed E-state index contributed by atoms with van der Waals surface area (Å²) in [6.45, 7) is 3.64. The summed E-state index contributed by atoms with van der Waals surface area (Å²) in [6, 6.07) is 5.57. The molecule has 2 heterocycles. The third kappa shape index (κ3) is 1.86. The largest absolute Gasteiger partial charge is 0.481 e. The van der Waals surface area contributed by atoms with E-state index in [1.807, 2.05) is 32.2 Å². The number of carboxylic acids is 1. The van der Waals surface area contributed by atoms with Gasteiger partial charge in [-0.05, 0) is 31.0 Å². The van der Waals surface area contributed by atoms with Crippen LogP contribution in [-0.2, 0) is 18.3 Å². The number of aryl methyl sites for hydroxylation is 2. The van der Waals surface area contributed by atoms with E-state index in [4.69, 9.17) is 9.84 Å². The van der Waals surface area contributed by atoms with E-state index in [9.17, 15) is 4.79 Å². The molecule has 5 heteroatoms. The highest BCUT2D eigenvalue weighted by Gasteiger charge is 2.24. The lowest BCUT2D eigenvalue weighted by Crippen LogP contribution is -2.10. The molecule has 20 heavy (non-hydrogen) atoms. The van der Waals surface area contributed by atoms with Crippen molar-refractivity contribution in [2.75, 3.05) is 0 Å². The first-order valence-corrected chi connectivity index (χ1v) is 6.53. The number of carbonyl (C=O) groups is 1. The van der Waals surface area contributed by atoms with E-state index in [0.29, 0.717) is 0 Å². The van der Waals surface area contributed by atoms with Gasteiger partial charge in [0.15, 0.2) is 0 Å². The Bertz CT molecular complexity index is 703. The minimum absolute atomic E-state index is 0.517. The second-order valence-corrected chi connectivity index (χ2v) is 5.20. The van der Waals surface area contributed by atoms with E-state index < -0.39 is 11.9 Å². The number of aromatic nitrogens is 2. The summed E-state index contributed by atoms with van der Waals surface area (Å²) in [5.41, 5.74) is 3.83. The summed E-state index contributed by atoms with van der Waals surface area (Å²) in [6.07, 6.45) is 0.727. The molecule has 5 nitrogen and oxygen atoms in total. The normalized spacial score (nSPS) is 14.2. The second kappa shape index (κ2) is 4.37. The SMILES string of the molecule is Cc1nn(C)c2c1Cc1cc(C(C)C(=O)O)ccc1O2. The standard InChI is InChI=1S/C15H16N2O3/c1-8(15(18)19)10-4-5-13-11(6-10)7-12-9(2)16-17(3)14(12)20-13/h4-6,8H,7H2,1-3H3,(H,18,19). The molecule has 1 N–H and O–H groups in total. The molecule has 0 amide bonds. The molecule has 1 aromatic carbocycles. The van der Waals surface area contributed by atoms with Gasteiger partial charge in [-0.3, -0.25) is 4.79 Å². The number of hydrogen-bond acceptors (Lipinski definition) is 3. The topological polar surface area (TPSA) is 64.4 Å². The van der Waals surface area contributed by atoms with Crippen LogP contribution in [0.5, 0.6) is 11.6 Å². The Morgan fingerprint density at radius 1 is 1.50 bits per heavy atom. The molecule has 1 aliphatic rings. The lowest BCUT2D eigenvalue weighted by molar-refractivity contribution is -0.138. The highest BCUT2D eigenvalue weighted by molar-refractivity contribution is 5.75. The zero-order valence-electron chi connectivity index (χ0n) is 11.7. The van der Waals surface area contributed by atoms with Crippen LogP contribution in [-0.4, -0.2) is 20.9 Å². The quantitative estimate of drug-likeness (QED) is 0.778. The monoisotopic (exact) mass is 272 g/mol. The molecule has 1 atom stereocenters. The smallest absolute Gasteiger partial charge is 0.310 e. The molecule has 104 valence electrons. The molecule has 0 radical (unpaired) electrons. The Labute approximate surface area is 116 Å². The van der Waals surface area contributed by atoms with Gasteiger partial charge in [-0.1, -0.05) is 12.1 Å². The Kier molecular flexibility index (Phi) is 2.78. The fraction of sp³-hybridized carbons (Fsp3) is 0.333. The molecular formula is C15H16N2O3. The molecule has 0 bridgehead atoms. The van der Waals surface area contributed by atoms with Crippen molar-refractivity contribution in [1.82, 2.24) is 9.78 Å². The van der Waals surface area contributed by atoms with Gasteiger partial charge in [0.05, 0.1) is 11.6 Å². The third-order valence-electron chi connectivity index (χ3n) is 3.82. The van der Waals surface area contributed by atoms with Gasteiger partial charge in [-0.25, -0.2) is 4.68 Å². The van der Waals surface area contributed by atoms with Crippen LogP contribution in [0.1, 0.15) is 35.2 Å². The van der Waals surface area contributed by atoms with Gasteiger partial charge in [0, 0.05) is 19.0 Å². The predicted molar refractivity (Wildman–Crippen MR) is 73.3 cm³/mol. The number of aliphatic carboxylic acids is 1. The highest BCUT2D eigenvalue weighted by atomic mass is 16.5. The summed E-state index contributed by atoms with van der Waals surface area (Å²) in [7, 11) is 1.86. The Morgan fingerprint density at radius 2 is 2.25 bits per heavy atom. The average Bonchev–Trinajstić information content (AvgIpc) is 2.70. The van der Waals surface area contributed by atoms with E-state index in [2.05, 4.69) is 5.10 Å². The molecular weight excluding hydrogens is 256 g/mol. The van der Waals surface area contributed by atoms with Crippen molar-refractivity contribution in [3.05, 3.63) is 40.6 Å². The summed E-state index contributed by atoms with van der Waals surface area (Å²) >= 11 is 0. The number of fused-ring (bicyclic) bond motifs is 2. The maximum Gasteiger partial charge on any atom is 0.310 e. The lowest BCUT2D eigenvalue weighted by atomic mass is 9.95. The summed E-state index contributed by atoms with van der Waals surface area (Å²) < 4.78 is 7.61. The van der Waals surface area contributed by atoms with Gasteiger partial charge in [-0.2, -0.15) is 5.10 Å². The zero-order valence-corrected chi connectivity index (χ0v) is 11.7. The number of rotatable bonds is 2. The summed E-state index contributed by atoms with van der Waals surface area (Å²) in [5, 5.41) is 13.5. The molecule has 0 saturated carbocycles. The molecule has 0 aliphatic carbocycles. The van der Waals surface area contributed by atoms with Gasteiger partial charge in [0.2, 0.25) is 5.88 Å². The maximum atomic E-state index is 11.1. The first kappa shape index (κ1) is 12.7. The van der Waals surface area contributed by atoms with E-state index in [0.717, 1.165) is 40.4 Å². The van der Waals surface area contributed by atoms with Crippen molar-refractivity contribution in [3.63, 3.8) is 0 Å². The van der Waals surface area contributed by atoms with E-state index in [-0.39, 0.29) is 0 Å². The maximum absolute atomic E-state index is 11.1. The van der Waals surface area contributed by atoms with Gasteiger partial charge in [0.25, 0.3) is 0 Å². The summed E-state index contributed by atoms with van der Waals surface area (Å²) in [4.78, 5) is 11.1. The van der Waals surface area contributed by atoms with Crippen LogP contribution in [0.15, 0.2) is 18.2 Å². The first-order chi connectivity index (χ1) is 9.47. The van der Waals surface area contributed by atoms with Crippen molar-refractivity contribution in [3.8, 4) is 11.6 Å². The molecule has 1 aliphatic heterocycles. The van der Waals surface area contributed by atoms with Crippen LogP contribution in [0.3, 0.4) is 0 Å². The van der Waals surface area contributed by atoms with Gasteiger partial charge >= 0.3 is 5.97 Å². The third-order valence-corrected chi connectivity index (χ3v) is 3.82. The number of ether oxygens (including phenoxy) is 1. The molecule has 3 rings (SSSR count). The van der Waals surface area contributed by atoms with Gasteiger partial charge < -0.3 is 9.84 Å². The van der Waals surface area contributed by atoms with E-state index in [1.54, 1.807) is 11.6 Å². The van der Waals surface area contributed by atoms with E-state index in [1.165, 1.54) is 0 Å². The number of nitrogens with zero attached hydrogens (tertiary/aromatic N) is 2. The minimum Gasteiger partial charge on any atom is -0.481 e. The fourth-order valence-electron chi connectivity index (χ4n) is 2.56. The fourth-order valence-corrected chi connectivity index (χ4v) is 2.56. The van der Waals surface area contributed by atoms with Crippen molar-refractivity contribution < 1.29 is 14.6 Å². The van der Waals surface area contributed by atoms with Crippen LogP contribution in [0.4, 0.5) is 0 Å². The molecule has 1 unspecified atom stereocenters. The number of benzene rings is 1. The van der Waals surface area contributed by atoms with Crippen LogP contribution in [0.25, 0.3) is 0 Å². The Morgan fingerprint density at radius 3 is 2.95 bits per heavy atom.